The minimum Gasteiger partial charge on any atom is -0.874 e. The Morgan fingerprint density at radius 1 is 1.06 bits per heavy atom. The number of aromatic nitrogens is 1. The first-order valence-corrected chi connectivity index (χ1v) is 12.5. The second-order valence-electron chi connectivity index (χ2n) is 7.53. The number of thiazole rings is 1. The molecule has 0 fully saturated rings. The van der Waals surface area contributed by atoms with Gasteiger partial charge in [-0.2, -0.15) is 13.5 Å². The summed E-state index contributed by atoms with van der Waals surface area (Å²) in [5.74, 6) is -1.19. The zero-order chi connectivity index (χ0) is 25.2. The molecule has 35 heavy (non-hydrogen) atoms. The van der Waals surface area contributed by atoms with Crippen LogP contribution in [-0.2, 0) is 14.9 Å². The van der Waals surface area contributed by atoms with Gasteiger partial charge in [0.05, 0.1) is 15.9 Å². The van der Waals surface area contributed by atoms with E-state index in [4.69, 9.17) is 0 Å². The number of benzene rings is 3. The molecule has 0 bridgehead atoms. The van der Waals surface area contributed by atoms with E-state index in [9.17, 15) is 22.9 Å². The van der Waals surface area contributed by atoms with Crippen LogP contribution < -0.4 is 10.4 Å². The van der Waals surface area contributed by atoms with E-state index in [1.165, 1.54) is 6.92 Å². The second-order valence-corrected chi connectivity index (χ2v) is 9.88. The Morgan fingerprint density at radius 2 is 1.74 bits per heavy atom. The summed E-state index contributed by atoms with van der Waals surface area (Å²) in [6, 6.07) is 18.7. The highest BCUT2D eigenvalue weighted by atomic mass is 32.2. The number of azo groups is 1. The zero-order valence-corrected chi connectivity index (χ0v) is 20.2. The van der Waals surface area contributed by atoms with Gasteiger partial charge < -0.3 is 10.4 Å². The summed E-state index contributed by atoms with van der Waals surface area (Å²) in [6.07, 6.45) is 0. The van der Waals surface area contributed by atoms with Crippen molar-refractivity contribution in [1.82, 2.24) is 4.98 Å². The SMILES string of the molecule is CC([O-])=C(N=Nc1ccc(-c2nc3ccc(C)c(S(=O)(=O)O)c3s2)cc1)C(=O)Nc1ccccc1. The number of nitrogens with zero attached hydrogens (tertiary/aromatic N) is 3. The lowest BCUT2D eigenvalue weighted by atomic mass is 10.2. The molecule has 0 radical (unpaired) electrons. The Kier molecular flexibility index (Phi) is 6.74. The molecule has 2 N–H and O–H groups in total. The molecule has 0 saturated carbocycles. The van der Waals surface area contributed by atoms with E-state index < -0.39 is 21.8 Å². The number of hydrogen-bond donors (Lipinski definition) is 2. The van der Waals surface area contributed by atoms with Gasteiger partial charge in [0.15, 0.2) is 0 Å². The van der Waals surface area contributed by atoms with Crippen LogP contribution in [0.4, 0.5) is 11.4 Å². The highest BCUT2D eigenvalue weighted by molar-refractivity contribution is 7.86. The minimum atomic E-state index is -4.40. The fourth-order valence-corrected chi connectivity index (χ4v) is 5.59. The first-order valence-electron chi connectivity index (χ1n) is 10.3. The van der Waals surface area contributed by atoms with Gasteiger partial charge in [0.2, 0.25) is 0 Å². The number of allylic oxidation sites excluding steroid dienone is 1. The topological polar surface area (TPSA) is 144 Å². The van der Waals surface area contributed by atoms with E-state index in [-0.39, 0.29) is 10.6 Å². The molecule has 0 aliphatic rings. The lowest BCUT2D eigenvalue weighted by Crippen LogP contribution is -2.17. The van der Waals surface area contributed by atoms with Crippen LogP contribution in [0.2, 0.25) is 0 Å². The lowest BCUT2D eigenvalue weighted by molar-refractivity contribution is -0.303. The number of carbonyl (C=O) groups excluding carboxylic acids is 1. The fourth-order valence-electron chi connectivity index (χ4n) is 3.28. The average molecular weight is 508 g/mol. The molecule has 0 aliphatic heterocycles. The van der Waals surface area contributed by atoms with Crippen LogP contribution in [0, 0.1) is 6.92 Å². The third-order valence-electron chi connectivity index (χ3n) is 4.93. The average Bonchev–Trinajstić information content (AvgIpc) is 3.23. The second kappa shape index (κ2) is 9.74. The Labute approximate surface area is 205 Å². The van der Waals surface area contributed by atoms with E-state index in [0.717, 1.165) is 11.3 Å². The summed E-state index contributed by atoms with van der Waals surface area (Å²) in [5.41, 5.74) is 2.17. The molecule has 3 aromatic carbocycles. The minimum absolute atomic E-state index is 0.148. The number of nitrogens with one attached hydrogen (secondary N) is 1. The van der Waals surface area contributed by atoms with Crippen LogP contribution in [0.25, 0.3) is 20.8 Å². The van der Waals surface area contributed by atoms with Crippen LogP contribution in [0.15, 0.2) is 93.3 Å². The molecule has 178 valence electrons. The lowest BCUT2D eigenvalue weighted by Gasteiger charge is -2.10. The largest absolute Gasteiger partial charge is 0.874 e. The third kappa shape index (κ3) is 5.43. The molecule has 1 aromatic heterocycles. The van der Waals surface area contributed by atoms with E-state index in [1.54, 1.807) is 73.7 Å². The number of anilines is 1. The van der Waals surface area contributed by atoms with Crippen molar-refractivity contribution in [3.05, 3.63) is 83.7 Å². The first kappa shape index (κ1) is 24.2. The van der Waals surface area contributed by atoms with Crippen molar-refractivity contribution >= 4 is 49.0 Å². The molecule has 0 unspecified atom stereocenters. The predicted molar refractivity (Wildman–Crippen MR) is 132 cm³/mol. The molecular weight excluding hydrogens is 488 g/mol. The molecule has 1 heterocycles. The highest BCUT2D eigenvalue weighted by Gasteiger charge is 2.20. The van der Waals surface area contributed by atoms with E-state index in [0.29, 0.717) is 37.7 Å². The zero-order valence-electron chi connectivity index (χ0n) is 18.6. The molecular formula is C24H19N4O5S2-. The number of aryl methyl sites for hydroxylation is 1. The molecule has 0 atom stereocenters. The molecule has 9 nitrogen and oxygen atoms in total. The Balaban J connectivity index is 1.57. The van der Waals surface area contributed by atoms with E-state index in [1.807, 2.05) is 0 Å². The first-order chi connectivity index (χ1) is 16.6. The van der Waals surface area contributed by atoms with E-state index >= 15 is 0 Å². The number of hydrogen-bond acceptors (Lipinski definition) is 8. The van der Waals surface area contributed by atoms with Gasteiger partial charge in [-0.15, -0.1) is 22.2 Å². The van der Waals surface area contributed by atoms with Crippen molar-refractivity contribution in [3.63, 3.8) is 0 Å². The van der Waals surface area contributed by atoms with Crippen molar-refractivity contribution < 1.29 is 22.9 Å². The molecule has 4 rings (SSSR count). The molecule has 0 spiro atoms. The number of para-hydroxylation sites is 1. The Hall–Kier alpha value is -3.93. The van der Waals surface area contributed by atoms with Crippen LogP contribution in [-0.4, -0.2) is 23.9 Å². The maximum absolute atomic E-state index is 12.4. The van der Waals surface area contributed by atoms with Gasteiger partial charge in [-0.1, -0.05) is 31.2 Å². The maximum atomic E-state index is 12.4. The summed E-state index contributed by atoms with van der Waals surface area (Å²) in [4.78, 5) is 16.8. The molecule has 0 saturated heterocycles. The van der Waals surface area contributed by atoms with Gasteiger partial charge in [-0.25, -0.2) is 4.98 Å². The molecule has 4 aromatic rings. The van der Waals surface area contributed by atoms with E-state index in [2.05, 4.69) is 20.5 Å². The van der Waals surface area contributed by atoms with Gasteiger partial charge in [0.1, 0.15) is 15.6 Å². The quantitative estimate of drug-likeness (QED) is 0.165. The van der Waals surface area contributed by atoms with Gasteiger partial charge in [-0.05, 0) is 55.0 Å². The van der Waals surface area contributed by atoms with Gasteiger partial charge in [-0.3, -0.25) is 9.35 Å². The van der Waals surface area contributed by atoms with Crippen LogP contribution in [0.5, 0.6) is 0 Å². The van der Waals surface area contributed by atoms with Gasteiger partial charge >= 0.3 is 0 Å². The number of amides is 1. The summed E-state index contributed by atoms with van der Waals surface area (Å²) in [5, 5.41) is 22.9. The molecule has 1 amide bonds. The molecule has 11 heteroatoms. The standard InChI is InChI=1S/C24H20N4O5S2/c1-14-8-13-19-21(22(14)35(31,32)33)34-24(26-19)16-9-11-18(12-10-16)27-28-20(15(2)29)23(30)25-17-6-4-3-5-7-17/h3-13,29H,1-2H3,(H,25,30)(H,31,32,33)/p-1. The van der Waals surface area contributed by atoms with Gasteiger partial charge in [0, 0.05) is 11.3 Å². The van der Waals surface area contributed by atoms with Gasteiger partial charge in [0.25, 0.3) is 16.0 Å². The smallest absolute Gasteiger partial charge is 0.296 e. The maximum Gasteiger partial charge on any atom is 0.296 e. The van der Waals surface area contributed by atoms with Crippen molar-refractivity contribution in [2.75, 3.05) is 5.32 Å². The predicted octanol–water partition coefficient (Wildman–Crippen LogP) is 4.83. The van der Waals surface area contributed by atoms with Crippen molar-refractivity contribution in [2.45, 2.75) is 18.7 Å². The van der Waals surface area contributed by atoms with Crippen molar-refractivity contribution in [1.29, 1.82) is 0 Å². The summed E-state index contributed by atoms with van der Waals surface area (Å²) < 4.78 is 33.7. The third-order valence-corrected chi connectivity index (χ3v) is 7.24. The summed E-state index contributed by atoms with van der Waals surface area (Å²) in [7, 11) is -4.40. The Bertz CT molecular complexity index is 1570. The Morgan fingerprint density at radius 3 is 2.37 bits per heavy atom. The molecule has 0 aliphatic carbocycles. The van der Waals surface area contributed by atoms with Crippen LogP contribution in [0.1, 0.15) is 12.5 Å². The number of fused-ring (bicyclic) bond motifs is 1. The van der Waals surface area contributed by atoms with Crippen LogP contribution in [0.3, 0.4) is 0 Å². The normalized spacial score (nSPS) is 12.7. The summed E-state index contributed by atoms with van der Waals surface area (Å²) in [6.45, 7) is 2.84. The fraction of sp³-hybridized carbons (Fsp3) is 0.0833. The number of carbonyl (C=O) groups is 1. The van der Waals surface area contributed by atoms with Crippen LogP contribution >= 0.6 is 11.3 Å². The number of rotatable bonds is 6. The van der Waals surface area contributed by atoms with Crippen molar-refractivity contribution in [3.8, 4) is 10.6 Å². The highest BCUT2D eigenvalue weighted by Crippen LogP contribution is 2.36. The van der Waals surface area contributed by atoms with Crippen molar-refractivity contribution in [2.24, 2.45) is 10.2 Å². The summed E-state index contributed by atoms with van der Waals surface area (Å²) >= 11 is 1.14. The monoisotopic (exact) mass is 507 g/mol.